The lowest BCUT2D eigenvalue weighted by molar-refractivity contribution is -0.121. The van der Waals surface area contributed by atoms with Gasteiger partial charge in [-0.1, -0.05) is 6.08 Å². The number of hydrogen-bond donors (Lipinski definition) is 1. The Balaban J connectivity index is 1.40. The number of fused-ring (bicyclic) bond motifs is 2. The van der Waals surface area contributed by atoms with E-state index in [4.69, 9.17) is 4.74 Å². The van der Waals surface area contributed by atoms with Gasteiger partial charge in [-0.3, -0.25) is 14.3 Å². The second-order valence-corrected chi connectivity index (χ2v) is 10.4. The summed E-state index contributed by atoms with van der Waals surface area (Å²) in [4.78, 5) is 31.7. The number of thiazole rings is 1. The van der Waals surface area contributed by atoms with Crippen LogP contribution in [0.2, 0.25) is 0 Å². The number of anilines is 3. The van der Waals surface area contributed by atoms with Gasteiger partial charge in [-0.15, -0.1) is 17.9 Å². The van der Waals surface area contributed by atoms with Crippen molar-refractivity contribution in [3.63, 3.8) is 0 Å². The number of nitrogens with zero attached hydrogens (tertiary/aromatic N) is 3. The lowest BCUT2D eigenvalue weighted by Gasteiger charge is -2.28. The van der Waals surface area contributed by atoms with Crippen LogP contribution in [0.5, 0.6) is 5.75 Å². The third-order valence-corrected chi connectivity index (χ3v) is 7.90. The van der Waals surface area contributed by atoms with Gasteiger partial charge in [-0.25, -0.2) is 13.4 Å². The summed E-state index contributed by atoms with van der Waals surface area (Å²) < 4.78 is 33.9. The average molecular weight is 497 g/mol. The van der Waals surface area contributed by atoms with Crippen LogP contribution in [0, 0.1) is 0 Å². The number of carbonyl (C=O) groups excluding carboxylic acids is 2. The summed E-state index contributed by atoms with van der Waals surface area (Å²) in [6, 6.07) is 9.98. The summed E-state index contributed by atoms with van der Waals surface area (Å²) in [7, 11) is -2.23. The lowest BCUT2D eigenvalue weighted by atomic mass is 10.1. The molecule has 1 N–H and O–H groups in total. The third-order valence-electron chi connectivity index (χ3n) is 5.67. The van der Waals surface area contributed by atoms with Gasteiger partial charge in [-0.2, -0.15) is 0 Å². The molecule has 0 spiro atoms. The zero-order valence-electron chi connectivity index (χ0n) is 18.1. The van der Waals surface area contributed by atoms with Crippen molar-refractivity contribution in [3.8, 4) is 17.0 Å². The summed E-state index contributed by atoms with van der Waals surface area (Å²) in [5.74, 6) is 0.339. The first-order valence-corrected chi connectivity index (χ1v) is 12.7. The summed E-state index contributed by atoms with van der Waals surface area (Å²) in [6.45, 7) is 4.02. The Labute approximate surface area is 200 Å². The molecule has 0 bridgehead atoms. The van der Waals surface area contributed by atoms with Gasteiger partial charge in [0.15, 0.2) is 11.7 Å². The number of ether oxygens (including phenoxy) is 1. The number of amides is 2. The fraction of sp³-hybridized carbons (Fsp3) is 0.174. The van der Waals surface area contributed by atoms with Crippen molar-refractivity contribution in [1.29, 1.82) is 0 Å². The van der Waals surface area contributed by atoms with Gasteiger partial charge in [-0.05, 0) is 42.0 Å². The Kier molecular flexibility index (Phi) is 5.37. The van der Waals surface area contributed by atoms with Crippen molar-refractivity contribution in [2.45, 2.75) is 11.3 Å². The van der Waals surface area contributed by atoms with Gasteiger partial charge in [0.25, 0.3) is 15.9 Å². The maximum atomic E-state index is 12.9. The second kappa shape index (κ2) is 8.26. The molecule has 0 atom stereocenters. The van der Waals surface area contributed by atoms with Crippen LogP contribution in [0.3, 0.4) is 0 Å². The van der Waals surface area contributed by atoms with Crippen LogP contribution in [0.15, 0.2) is 59.3 Å². The van der Waals surface area contributed by atoms with Crippen molar-refractivity contribution in [1.82, 2.24) is 4.98 Å². The number of rotatable bonds is 6. The van der Waals surface area contributed by atoms with E-state index in [-0.39, 0.29) is 34.9 Å². The molecule has 0 saturated carbocycles. The molecule has 34 heavy (non-hydrogen) atoms. The Hall–Kier alpha value is -3.70. The molecular weight excluding hydrogens is 476 g/mol. The lowest BCUT2D eigenvalue weighted by Crippen LogP contribution is -2.38. The highest BCUT2D eigenvalue weighted by Crippen LogP contribution is 2.37. The molecule has 3 heterocycles. The summed E-state index contributed by atoms with van der Waals surface area (Å²) in [5.41, 5.74) is 3.27. The fourth-order valence-corrected chi connectivity index (χ4v) is 5.95. The van der Waals surface area contributed by atoms with Gasteiger partial charge in [0.1, 0.15) is 5.75 Å². The molecule has 2 amide bonds. The minimum absolute atomic E-state index is 0.0318. The molecule has 0 aliphatic carbocycles. The van der Waals surface area contributed by atoms with Crippen LogP contribution in [-0.2, 0) is 26.0 Å². The molecule has 2 aromatic carbocycles. The molecule has 174 valence electrons. The number of aromatic nitrogens is 1. The van der Waals surface area contributed by atoms with E-state index in [0.29, 0.717) is 40.5 Å². The van der Waals surface area contributed by atoms with E-state index in [1.807, 2.05) is 6.07 Å². The summed E-state index contributed by atoms with van der Waals surface area (Å²) >= 11 is 1.15. The first-order chi connectivity index (χ1) is 16.3. The van der Waals surface area contributed by atoms with Crippen LogP contribution in [0.1, 0.15) is 5.56 Å². The van der Waals surface area contributed by atoms with Gasteiger partial charge < -0.3 is 14.5 Å². The first kappa shape index (κ1) is 22.1. The summed E-state index contributed by atoms with van der Waals surface area (Å²) in [6.07, 6.45) is 1.81. The molecule has 11 heteroatoms. The van der Waals surface area contributed by atoms with Crippen molar-refractivity contribution < 1.29 is 22.7 Å². The van der Waals surface area contributed by atoms with E-state index in [2.05, 4.69) is 16.3 Å². The Morgan fingerprint density at radius 3 is 2.79 bits per heavy atom. The third kappa shape index (κ3) is 3.82. The zero-order chi connectivity index (χ0) is 24.0. The number of carbonyl (C=O) groups is 2. The predicted molar refractivity (Wildman–Crippen MR) is 130 cm³/mol. The Morgan fingerprint density at radius 2 is 2.00 bits per heavy atom. The minimum atomic E-state index is -3.89. The maximum absolute atomic E-state index is 12.9. The average Bonchev–Trinajstić information content (AvgIpc) is 3.39. The number of nitrogens with one attached hydrogen (secondary N) is 1. The Morgan fingerprint density at radius 1 is 1.18 bits per heavy atom. The van der Waals surface area contributed by atoms with E-state index >= 15 is 0 Å². The van der Waals surface area contributed by atoms with Gasteiger partial charge in [0.2, 0.25) is 5.91 Å². The highest BCUT2D eigenvalue weighted by Gasteiger charge is 2.27. The minimum Gasteiger partial charge on any atom is -0.482 e. The van der Waals surface area contributed by atoms with E-state index in [1.165, 1.54) is 17.0 Å². The van der Waals surface area contributed by atoms with Crippen LogP contribution in [-0.4, -0.2) is 45.4 Å². The Bertz CT molecular complexity index is 1450. The van der Waals surface area contributed by atoms with Crippen molar-refractivity contribution in [2.24, 2.45) is 0 Å². The van der Waals surface area contributed by atoms with E-state index in [1.54, 1.807) is 41.6 Å². The van der Waals surface area contributed by atoms with Gasteiger partial charge in [0.05, 0.1) is 22.7 Å². The van der Waals surface area contributed by atoms with E-state index in [9.17, 15) is 18.0 Å². The van der Waals surface area contributed by atoms with Crippen LogP contribution < -0.4 is 19.3 Å². The second-order valence-electron chi connectivity index (χ2n) is 7.83. The number of likely N-dealkylation sites (N-methyl/N-ethyl adjacent to an activating group) is 1. The first-order valence-electron chi connectivity index (χ1n) is 10.3. The van der Waals surface area contributed by atoms with E-state index in [0.717, 1.165) is 11.3 Å². The maximum Gasteiger partial charge on any atom is 0.265 e. The molecule has 0 saturated heterocycles. The molecule has 0 radical (unpaired) electrons. The van der Waals surface area contributed by atoms with Crippen LogP contribution in [0.4, 0.5) is 16.5 Å². The highest BCUT2D eigenvalue weighted by molar-refractivity contribution is 7.93. The molecule has 2 aliphatic rings. The van der Waals surface area contributed by atoms with E-state index < -0.39 is 10.0 Å². The molecule has 2 aliphatic heterocycles. The number of sulfonamides is 1. The standard InChI is InChI=1S/C23H20N4O5S2/c1-3-8-27-19-10-14(4-7-20(19)32-12-22(27)29)17-13-33-23(24-17)25-34(30,31)16-5-6-18-15(9-16)11-21(28)26(18)2/h3-7,9-10,13H,1,8,11-12H2,2H3,(H,24,25). The fourth-order valence-electron chi connectivity index (χ4n) is 3.93. The molecule has 3 aromatic rings. The predicted octanol–water partition coefficient (Wildman–Crippen LogP) is 3.04. The van der Waals surface area contributed by atoms with Crippen molar-refractivity contribution in [2.75, 3.05) is 34.7 Å². The highest BCUT2D eigenvalue weighted by atomic mass is 32.2. The van der Waals surface area contributed by atoms with Crippen molar-refractivity contribution >= 4 is 49.7 Å². The molecular formula is C23H20N4O5S2. The molecule has 0 fully saturated rings. The zero-order valence-corrected chi connectivity index (χ0v) is 19.8. The van der Waals surface area contributed by atoms with Gasteiger partial charge in [0, 0.05) is 30.2 Å². The molecule has 9 nitrogen and oxygen atoms in total. The van der Waals surface area contributed by atoms with Crippen LogP contribution >= 0.6 is 11.3 Å². The normalized spacial score (nSPS) is 15.1. The molecule has 5 rings (SSSR count). The molecule has 0 unspecified atom stereocenters. The number of hydrogen-bond acceptors (Lipinski definition) is 7. The smallest absolute Gasteiger partial charge is 0.265 e. The monoisotopic (exact) mass is 496 g/mol. The van der Waals surface area contributed by atoms with Crippen LogP contribution in [0.25, 0.3) is 11.3 Å². The quantitative estimate of drug-likeness (QED) is 0.526. The topological polar surface area (TPSA) is 109 Å². The SMILES string of the molecule is C=CCN1C(=O)COc2ccc(-c3csc(NS(=O)(=O)c4ccc5c(c4)CC(=O)N5C)n3)cc21. The number of benzene rings is 2. The van der Waals surface area contributed by atoms with Crippen molar-refractivity contribution in [3.05, 3.63) is 60.0 Å². The van der Waals surface area contributed by atoms with Gasteiger partial charge >= 0.3 is 0 Å². The molecule has 1 aromatic heterocycles. The largest absolute Gasteiger partial charge is 0.482 e. The summed E-state index contributed by atoms with van der Waals surface area (Å²) in [5, 5.41) is 1.94.